The molecule has 10 nitrogen and oxygen atoms in total. The number of aromatic nitrogens is 2. The maximum absolute atomic E-state index is 17.3. The predicted octanol–water partition coefficient (Wildman–Crippen LogP) is 6.61. The minimum absolute atomic E-state index is 0.0121. The number of nitrogen functional groups attached to an aromatic ring is 1. The summed E-state index contributed by atoms with van der Waals surface area (Å²) in [6, 6.07) is 3.77. The minimum Gasteiger partial charge on any atom is -0.489 e. The molecule has 1 unspecified atom stereocenters. The molecule has 8 rings (SSSR count). The molecule has 0 radical (unpaired) electrons. The van der Waals surface area contributed by atoms with E-state index in [0.717, 1.165) is 54.7 Å². The molecule has 268 valence electrons. The quantitative estimate of drug-likeness (QED) is 0.218. The predicted molar refractivity (Wildman–Crippen MR) is 186 cm³/mol. The van der Waals surface area contributed by atoms with Crippen LogP contribution in [-0.4, -0.2) is 89.6 Å². The van der Waals surface area contributed by atoms with Crippen molar-refractivity contribution in [2.45, 2.75) is 57.0 Å². The van der Waals surface area contributed by atoms with Crippen molar-refractivity contribution in [2.75, 3.05) is 56.6 Å². The molecule has 3 saturated heterocycles. The van der Waals surface area contributed by atoms with Gasteiger partial charge >= 0.3 is 6.01 Å². The zero-order valence-electron chi connectivity index (χ0n) is 27.7. The second kappa shape index (κ2) is 12.8. The number of hydrogen-bond donors (Lipinski definition) is 1. The lowest BCUT2D eigenvalue weighted by atomic mass is 9.92. The van der Waals surface area contributed by atoms with Crippen LogP contribution in [0.15, 0.2) is 12.1 Å². The Morgan fingerprint density at radius 3 is 2.82 bits per heavy atom. The SMILES string of the molecule is C[C@H]1CN2CCC[C@@]2(COc2nc3c4c(c(Cl)c(-c5ccc(F)c6sc(N)c(C#N)c56)c(F)c4n2)OCC2CC(=O)N(CC(F)F)CCCN32)C1. The maximum Gasteiger partial charge on any atom is 0.319 e. The van der Waals surface area contributed by atoms with Crippen LogP contribution in [0.3, 0.4) is 0 Å². The van der Waals surface area contributed by atoms with Crippen molar-refractivity contribution in [2.24, 2.45) is 5.92 Å². The molecule has 4 aliphatic heterocycles. The van der Waals surface area contributed by atoms with Crippen LogP contribution in [0, 0.1) is 28.9 Å². The zero-order valence-corrected chi connectivity index (χ0v) is 29.2. The molecule has 3 atom stereocenters. The number of hydrogen-bond acceptors (Lipinski definition) is 10. The van der Waals surface area contributed by atoms with Crippen LogP contribution in [0.25, 0.3) is 32.1 Å². The van der Waals surface area contributed by atoms with E-state index in [-0.39, 0.29) is 97.0 Å². The van der Waals surface area contributed by atoms with Gasteiger partial charge in [-0.05, 0) is 49.8 Å². The summed E-state index contributed by atoms with van der Waals surface area (Å²) in [6.07, 6.45) is 0.408. The number of fused-ring (bicyclic) bond motifs is 4. The van der Waals surface area contributed by atoms with Crippen molar-refractivity contribution >= 4 is 60.7 Å². The van der Waals surface area contributed by atoms with E-state index in [1.54, 1.807) is 0 Å². The highest BCUT2D eigenvalue weighted by Gasteiger charge is 2.48. The lowest BCUT2D eigenvalue weighted by molar-refractivity contribution is -0.134. The first kappa shape index (κ1) is 34.0. The number of halogens is 5. The van der Waals surface area contributed by atoms with Gasteiger partial charge < -0.3 is 25.0 Å². The first-order valence-electron chi connectivity index (χ1n) is 17.0. The highest BCUT2D eigenvalue weighted by Crippen LogP contribution is 2.51. The van der Waals surface area contributed by atoms with Gasteiger partial charge in [0.2, 0.25) is 5.91 Å². The Bertz CT molecular complexity index is 2130. The average Bonchev–Trinajstić information content (AvgIpc) is 3.70. The number of ether oxygens (including phenoxy) is 2. The Hall–Kier alpha value is -4.13. The summed E-state index contributed by atoms with van der Waals surface area (Å²) >= 11 is 7.92. The monoisotopic (exact) mass is 743 g/mol. The molecule has 4 aromatic rings. The fraction of sp³-hybridized carbons (Fsp3) is 0.486. The number of anilines is 2. The van der Waals surface area contributed by atoms with E-state index in [9.17, 15) is 18.8 Å². The third-order valence-electron chi connectivity index (χ3n) is 10.7. The summed E-state index contributed by atoms with van der Waals surface area (Å²) < 4.78 is 71.8. The average molecular weight is 744 g/mol. The normalized spacial score (nSPS) is 23.6. The van der Waals surface area contributed by atoms with Crippen molar-refractivity contribution in [3.8, 4) is 29.0 Å². The van der Waals surface area contributed by atoms with Crippen molar-refractivity contribution in [1.82, 2.24) is 19.8 Å². The van der Waals surface area contributed by atoms with E-state index in [1.807, 2.05) is 11.0 Å². The molecular weight excluding hydrogens is 710 g/mol. The van der Waals surface area contributed by atoms with E-state index in [2.05, 4.69) is 16.8 Å². The molecule has 6 heterocycles. The van der Waals surface area contributed by atoms with E-state index in [0.29, 0.717) is 18.9 Å². The van der Waals surface area contributed by atoms with Crippen LogP contribution in [0.5, 0.6) is 11.8 Å². The molecule has 16 heteroatoms. The molecule has 2 aromatic carbocycles. The third-order valence-corrected chi connectivity index (χ3v) is 12.1. The number of amides is 1. The fourth-order valence-electron chi connectivity index (χ4n) is 8.56. The van der Waals surface area contributed by atoms with Gasteiger partial charge in [0.25, 0.3) is 6.43 Å². The largest absolute Gasteiger partial charge is 0.489 e. The molecule has 0 saturated carbocycles. The second-order valence-electron chi connectivity index (χ2n) is 14.0. The maximum atomic E-state index is 17.3. The number of alkyl halides is 2. The van der Waals surface area contributed by atoms with Gasteiger partial charge in [-0.15, -0.1) is 11.3 Å². The molecule has 3 fully saturated rings. The molecule has 4 aliphatic rings. The Morgan fingerprint density at radius 2 is 2.04 bits per heavy atom. The van der Waals surface area contributed by atoms with Gasteiger partial charge in [-0.2, -0.15) is 15.2 Å². The van der Waals surface area contributed by atoms with Gasteiger partial charge in [-0.25, -0.2) is 17.6 Å². The minimum atomic E-state index is -2.68. The Morgan fingerprint density at radius 1 is 1.22 bits per heavy atom. The Balaban J connectivity index is 1.31. The Labute approximate surface area is 299 Å². The van der Waals surface area contributed by atoms with Gasteiger partial charge in [0.05, 0.1) is 45.2 Å². The first-order chi connectivity index (χ1) is 24.5. The number of nitriles is 1. The molecule has 0 spiro atoms. The third kappa shape index (κ3) is 5.57. The number of thiophene rings is 1. The van der Waals surface area contributed by atoms with Crippen LogP contribution in [0.4, 0.5) is 28.4 Å². The van der Waals surface area contributed by atoms with Crippen molar-refractivity contribution in [3.63, 3.8) is 0 Å². The summed E-state index contributed by atoms with van der Waals surface area (Å²) in [6.45, 7) is 4.03. The zero-order chi connectivity index (χ0) is 35.8. The number of rotatable bonds is 6. The fourth-order valence-corrected chi connectivity index (χ4v) is 9.84. The Kier molecular flexibility index (Phi) is 8.54. The summed E-state index contributed by atoms with van der Waals surface area (Å²) in [5.74, 6) is -1.19. The van der Waals surface area contributed by atoms with E-state index in [4.69, 9.17) is 31.8 Å². The molecular formula is C35H34ClF4N7O3S. The second-order valence-corrected chi connectivity index (χ2v) is 15.4. The number of carbonyl (C=O) groups is 1. The lowest BCUT2D eigenvalue weighted by Crippen LogP contribution is -2.49. The number of nitrogens with two attached hydrogens (primary N) is 1. The smallest absolute Gasteiger partial charge is 0.319 e. The van der Waals surface area contributed by atoms with Crippen molar-refractivity contribution in [1.29, 1.82) is 5.26 Å². The van der Waals surface area contributed by atoms with Crippen LogP contribution < -0.4 is 20.1 Å². The molecule has 2 N–H and O–H groups in total. The summed E-state index contributed by atoms with van der Waals surface area (Å²) in [4.78, 5) is 28.2. The van der Waals surface area contributed by atoms with Gasteiger partial charge in [0, 0.05) is 30.6 Å². The summed E-state index contributed by atoms with van der Waals surface area (Å²) in [5.41, 5.74) is 5.67. The molecule has 1 amide bonds. The van der Waals surface area contributed by atoms with Gasteiger partial charge in [-0.3, -0.25) is 9.69 Å². The summed E-state index contributed by atoms with van der Waals surface area (Å²) in [7, 11) is 0. The number of carbonyl (C=O) groups excluding carboxylic acids is 1. The molecule has 0 bridgehead atoms. The van der Waals surface area contributed by atoms with Gasteiger partial charge in [-0.1, -0.05) is 24.6 Å². The van der Waals surface area contributed by atoms with Crippen molar-refractivity contribution in [3.05, 3.63) is 34.4 Å². The highest BCUT2D eigenvalue weighted by atomic mass is 35.5. The molecule has 2 aromatic heterocycles. The van der Waals surface area contributed by atoms with Crippen LogP contribution in [-0.2, 0) is 4.79 Å². The topological polar surface area (TPSA) is 121 Å². The van der Waals surface area contributed by atoms with Crippen molar-refractivity contribution < 1.29 is 31.8 Å². The highest BCUT2D eigenvalue weighted by molar-refractivity contribution is 7.23. The summed E-state index contributed by atoms with van der Waals surface area (Å²) in [5, 5.41) is 10.1. The van der Waals surface area contributed by atoms with E-state index >= 15 is 8.78 Å². The first-order valence-corrected chi connectivity index (χ1v) is 18.2. The standard InChI is InChI=1S/C35H34ClF4N7O3S/c1-17-11-35(6-2-8-46(35)13-17)16-50-34-43-29-26-30(49-15-18-10-23(48)45(14-22(38)39)7-3-9-47(18)33(26)44-34)27(36)25(28(29)40)19-4-5-21(37)31-24(19)20(12-41)32(42)51-31/h4-5,17-18,22H,2-3,6-11,13-16,42H2,1H3/t17-,18?,35+/m1/s1. The number of benzene rings is 2. The molecule has 0 aliphatic carbocycles. The van der Waals surface area contributed by atoms with E-state index in [1.165, 1.54) is 6.07 Å². The van der Waals surface area contributed by atoms with Crippen LogP contribution in [0.2, 0.25) is 5.02 Å². The lowest BCUT2D eigenvalue weighted by Gasteiger charge is -2.36. The number of nitrogens with zero attached hydrogens (tertiary/aromatic N) is 6. The molecule has 51 heavy (non-hydrogen) atoms. The van der Waals surface area contributed by atoms with Crippen LogP contribution in [0.1, 0.15) is 44.6 Å². The van der Waals surface area contributed by atoms with Gasteiger partial charge in [0.1, 0.15) is 41.4 Å². The van der Waals surface area contributed by atoms with Crippen LogP contribution >= 0.6 is 22.9 Å². The van der Waals surface area contributed by atoms with E-state index < -0.39 is 36.6 Å². The van der Waals surface area contributed by atoms with Gasteiger partial charge in [0.15, 0.2) is 11.6 Å².